The SMILES string of the molecule is COc1cc(Br)c(C(N)C(=O)O)c(O)c1OC. The van der Waals surface area contributed by atoms with Crippen molar-refractivity contribution in [2.45, 2.75) is 6.04 Å². The van der Waals surface area contributed by atoms with E-state index >= 15 is 0 Å². The molecule has 1 aromatic carbocycles. The van der Waals surface area contributed by atoms with Gasteiger partial charge in [-0.15, -0.1) is 0 Å². The van der Waals surface area contributed by atoms with Crippen LogP contribution in [0.2, 0.25) is 0 Å². The van der Waals surface area contributed by atoms with Crippen LogP contribution in [0.3, 0.4) is 0 Å². The van der Waals surface area contributed by atoms with Crippen molar-refractivity contribution in [3.63, 3.8) is 0 Å². The summed E-state index contributed by atoms with van der Waals surface area (Å²) in [5.41, 5.74) is 5.51. The zero-order chi connectivity index (χ0) is 13.2. The minimum atomic E-state index is -1.36. The lowest BCUT2D eigenvalue weighted by Crippen LogP contribution is -2.21. The standard InChI is InChI=1S/C10H12BrNO5/c1-16-5-3-4(11)6(7(12)10(14)15)8(13)9(5)17-2/h3,7,13H,12H2,1-2H3,(H,14,15). The first-order valence-corrected chi connectivity index (χ1v) is 5.35. The molecule has 7 heteroatoms. The van der Waals surface area contributed by atoms with Crippen molar-refractivity contribution in [1.29, 1.82) is 0 Å². The zero-order valence-electron chi connectivity index (χ0n) is 9.23. The fraction of sp³-hybridized carbons (Fsp3) is 0.300. The second-order valence-electron chi connectivity index (χ2n) is 3.17. The van der Waals surface area contributed by atoms with Gasteiger partial charge in [-0.05, 0) is 6.07 Å². The monoisotopic (exact) mass is 305 g/mol. The summed E-state index contributed by atoms with van der Waals surface area (Å²) < 4.78 is 10.3. The van der Waals surface area contributed by atoms with Gasteiger partial charge in [0.15, 0.2) is 11.5 Å². The predicted octanol–water partition coefficient (Wildman–Crippen LogP) is 1.26. The molecule has 1 rings (SSSR count). The van der Waals surface area contributed by atoms with Crippen molar-refractivity contribution in [2.24, 2.45) is 5.73 Å². The quantitative estimate of drug-likeness (QED) is 0.774. The van der Waals surface area contributed by atoms with E-state index in [2.05, 4.69) is 15.9 Å². The number of carboxylic acids is 1. The molecule has 0 amide bonds. The molecule has 0 radical (unpaired) electrons. The van der Waals surface area contributed by atoms with Crippen molar-refractivity contribution >= 4 is 21.9 Å². The van der Waals surface area contributed by atoms with Gasteiger partial charge in [-0.1, -0.05) is 15.9 Å². The van der Waals surface area contributed by atoms with Crippen LogP contribution in [0.4, 0.5) is 0 Å². The number of rotatable bonds is 4. The Balaban J connectivity index is 3.47. The molecule has 1 aromatic rings. The summed E-state index contributed by atoms with van der Waals surface area (Å²) in [6, 6.07) is 0.126. The molecule has 0 heterocycles. The van der Waals surface area contributed by atoms with Crippen LogP contribution >= 0.6 is 15.9 Å². The van der Waals surface area contributed by atoms with E-state index in [0.29, 0.717) is 4.47 Å². The molecule has 0 aliphatic rings. The van der Waals surface area contributed by atoms with Gasteiger partial charge in [0.05, 0.1) is 14.2 Å². The normalized spacial score (nSPS) is 12.0. The number of ether oxygens (including phenoxy) is 2. The molecule has 0 aromatic heterocycles. The third kappa shape index (κ3) is 2.45. The summed E-state index contributed by atoms with van der Waals surface area (Å²) in [4.78, 5) is 10.8. The predicted molar refractivity (Wildman–Crippen MR) is 63.5 cm³/mol. The van der Waals surface area contributed by atoms with Crippen molar-refractivity contribution < 1.29 is 24.5 Å². The second-order valence-corrected chi connectivity index (χ2v) is 4.03. The average molecular weight is 306 g/mol. The number of phenols is 1. The van der Waals surface area contributed by atoms with Gasteiger partial charge in [0.2, 0.25) is 5.75 Å². The maximum atomic E-state index is 10.8. The maximum absolute atomic E-state index is 10.8. The van der Waals surface area contributed by atoms with Crippen LogP contribution in [0.15, 0.2) is 10.5 Å². The molecule has 0 fully saturated rings. The highest BCUT2D eigenvalue weighted by molar-refractivity contribution is 9.10. The molecular weight excluding hydrogens is 294 g/mol. The molecular formula is C10H12BrNO5. The lowest BCUT2D eigenvalue weighted by Gasteiger charge is -2.16. The van der Waals surface area contributed by atoms with Crippen LogP contribution in [0.25, 0.3) is 0 Å². The Labute approximate surface area is 106 Å². The smallest absolute Gasteiger partial charge is 0.325 e. The summed E-state index contributed by atoms with van der Waals surface area (Å²) in [5.74, 6) is -1.29. The van der Waals surface area contributed by atoms with Gasteiger partial charge < -0.3 is 25.4 Å². The van der Waals surface area contributed by atoms with Gasteiger partial charge in [-0.2, -0.15) is 0 Å². The molecule has 0 spiro atoms. The Morgan fingerprint density at radius 1 is 1.47 bits per heavy atom. The van der Waals surface area contributed by atoms with Gasteiger partial charge in [-0.3, -0.25) is 4.79 Å². The summed E-state index contributed by atoms with van der Waals surface area (Å²) in [7, 11) is 2.74. The Bertz CT molecular complexity index is 449. The molecule has 0 bridgehead atoms. The van der Waals surface area contributed by atoms with E-state index in [4.69, 9.17) is 20.3 Å². The molecule has 0 saturated heterocycles. The number of halogens is 1. The van der Waals surface area contributed by atoms with E-state index in [0.717, 1.165) is 0 Å². The summed E-state index contributed by atoms with van der Waals surface area (Å²) in [6.07, 6.45) is 0. The lowest BCUT2D eigenvalue weighted by atomic mass is 10.1. The van der Waals surface area contributed by atoms with Gasteiger partial charge in [-0.25, -0.2) is 0 Å². The van der Waals surface area contributed by atoms with Crippen LogP contribution in [0, 0.1) is 0 Å². The van der Waals surface area contributed by atoms with Crippen molar-refractivity contribution in [3.8, 4) is 17.2 Å². The van der Waals surface area contributed by atoms with E-state index in [9.17, 15) is 9.90 Å². The topological polar surface area (TPSA) is 102 Å². The zero-order valence-corrected chi connectivity index (χ0v) is 10.8. The summed E-state index contributed by atoms with van der Waals surface area (Å²) >= 11 is 3.13. The van der Waals surface area contributed by atoms with E-state index in [1.807, 2.05) is 0 Å². The number of nitrogens with two attached hydrogens (primary N) is 1. The third-order valence-corrected chi connectivity index (χ3v) is 2.87. The lowest BCUT2D eigenvalue weighted by molar-refractivity contribution is -0.138. The number of hydrogen-bond acceptors (Lipinski definition) is 5. The van der Waals surface area contributed by atoms with Crippen LogP contribution in [0.5, 0.6) is 17.2 Å². The molecule has 4 N–H and O–H groups in total. The Morgan fingerprint density at radius 3 is 2.47 bits per heavy atom. The number of aliphatic carboxylic acids is 1. The van der Waals surface area contributed by atoms with Crippen molar-refractivity contribution in [3.05, 3.63) is 16.1 Å². The maximum Gasteiger partial charge on any atom is 0.325 e. The highest BCUT2D eigenvalue weighted by Gasteiger charge is 2.26. The summed E-state index contributed by atoms with van der Waals surface area (Å²) in [6.45, 7) is 0. The second kappa shape index (κ2) is 5.24. The molecule has 0 saturated carbocycles. The van der Waals surface area contributed by atoms with E-state index < -0.39 is 12.0 Å². The fourth-order valence-electron chi connectivity index (χ4n) is 1.38. The number of phenolic OH excluding ortho intramolecular Hbond substituents is 1. The number of carboxylic acid groups (broad SMARTS) is 1. The van der Waals surface area contributed by atoms with Gasteiger partial charge in [0.25, 0.3) is 0 Å². The minimum absolute atomic E-state index is 0.0372. The van der Waals surface area contributed by atoms with Crippen LogP contribution in [-0.2, 0) is 4.79 Å². The van der Waals surface area contributed by atoms with Gasteiger partial charge in [0.1, 0.15) is 6.04 Å². The van der Waals surface area contributed by atoms with E-state index in [-0.39, 0.29) is 22.8 Å². The van der Waals surface area contributed by atoms with Gasteiger partial charge in [0, 0.05) is 10.0 Å². The molecule has 0 aliphatic heterocycles. The van der Waals surface area contributed by atoms with Crippen LogP contribution in [0.1, 0.15) is 11.6 Å². The van der Waals surface area contributed by atoms with Crippen molar-refractivity contribution in [2.75, 3.05) is 14.2 Å². The first kappa shape index (κ1) is 13.6. The molecule has 1 unspecified atom stereocenters. The largest absolute Gasteiger partial charge is 0.504 e. The first-order chi connectivity index (χ1) is 7.93. The molecule has 94 valence electrons. The number of carbonyl (C=O) groups is 1. The number of hydrogen-bond donors (Lipinski definition) is 3. The third-order valence-electron chi connectivity index (χ3n) is 2.21. The Morgan fingerprint density at radius 2 is 2.06 bits per heavy atom. The average Bonchev–Trinajstić information content (AvgIpc) is 2.27. The van der Waals surface area contributed by atoms with Crippen molar-refractivity contribution in [1.82, 2.24) is 0 Å². The first-order valence-electron chi connectivity index (χ1n) is 4.55. The molecule has 1 atom stereocenters. The minimum Gasteiger partial charge on any atom is -0.504 e. The number of aromatic hydroxyl groups is 1. The highest BCUT2D eigenvalue weighted by Crippen LogP contribution is 2.45. The van der Waals surface area contributed by atoms with Gasteiger partial charge >= 0.3 is 5.97 Å². The molecule has 0 aliphatic carbocycles. The Kier molecular flexibility index (Phi) is 4.19. The number of benzene rings is 1. The fourth-order valence-corrected chi connectivity index (χ4v) is 2.02. The number of methoxy groups -OCH3 is 2. The van der Waals surface area contributed by atoms with E-state index in [1.165, 1.54) is 20.3 Å². The summed E-state index contributed by atoms with van der Waals surface area (Å²) in [5, 5.41) is 18.8. The van der Waals surface area contributed by atoms with E-state index in [1.54, 1.807) is 0 Å². The molecule has 6 nitrogen and oxygen atoms in total. The molecule has 17 heavy (non-hydrogen) atoms. The van der Waals surface area contributed by atoms with Crippen LogP contribution < -0.4 is 15.2 Å². The van der Waals surface area contributed by atoms with Crippen LogP contribution in [-0.4, -0.2) is 30.4 Å². The highest BCUT2D eigenvalue weighted by atomic mass is 79.9. The Hall–Kier alpha value is -1.47.